The van der Waals surface area contributed by atoms with Crippen molar-refractivity contribution in [3.8, 4) is 0 Å². The fourth-order valence-corrected chi connectivity index (χ4v) is 2.56. The number of ether oxygens (including phenoxy) is 1. The van der Waals surface area contributed by atoms with Gasteiger partial charge in [0.2, 0.25) is 5.91 Å². The molecule has 2 aliphatic heterocycles. The Balaban J connectivity index is 1.68. The van der Waals surface area contributed by atoms with Crippen LogP contribution in [0.2, 0.25) is 0 Å². The van der Waals surface area contributed by atoms with E-state index in [-0.39, 0.29) is 0 Å². The molecule has 0 radical (unpaired) electrons. The van der Waals surface area contributed by atoms with Gasteiger partial charge >= 0.3 is 0 Å². The first-order chi connectivity index (χ1) is 6.34. The molecular weight excluding hydrogens is 166 g/mol. The summed E-state index contributed by atoms with van der Waals surface area (Å²) in [6.07, 6.45) is 4.92. The largest absolute Gasteiger partial charge is 0.374 e. The van der Waals surface area contributed by atoms with E-state index in [0.717, 1.165) is 32.4 Å². The van der Waals surface area contributed by atoms with Gasteiger partial charge in [0.25, 0.3) is 0 Å². The van der Waals surface area contributed by atoms with E-state index in [1.807, 2.05) is 0 Å². The molecule has 2 saturated heterocycles. The maximum Gasteiger partial charge on any atom is 0.226 e. The number of carbonyl (C=O) groups excluding carboxylic acids is 1. The van der Waals surface area contributed by atoms with Crippen molar-refractivity contribution < 1.29 is 9.53 Å². The maximum absolute atomic E-state index is 11.9. The zero-order chi connectivity index (χ0) is 8.84. The molecule has 2 heterocycles. The highest BCUT2D eigenvalue weighted by atomic mass is 16.5. The highest BCUT2D eigenvalue weighted by Gasteiger charge is 2.43. The summed E-state index contributed by atoms with van der Waals surface area (Å²) in [5.41, 5.74) is 0. The summed E-state index contributed by atoms with van der Waals surface area (Å²) in [6.45, 7) is 1.64. The molecule has 3 heteroatoms. The molecular formula is C10H15NO2. The topological polar surface area (TPSA) is 29.5 Å². The molecule has 0 aromatic carbocycles. The molecule has 3 rings (SSSR count). The normalized spacial score (nSPS) is 38.0. The van der Waals surface area contributed by atoms with Crippen LogP contribution in [0.15, 0.2) is 0 Å². The molecule has 13 heavy (non-hydrogen) atoms. The summed E-state index contributed by atoms with van der Waals surface area (Å²) < 4.78 is 5.47. The van der Waals surface area contributed by atoms with Crippen molar-refractivity contribution in [2.45, 2.75) is 37.8 Å². The standard InChI is InChI=1S/C10H15NO2/c12-10(7-2-1-3-7)11-5-9-4-8(11)6-13-9/h7-9H,1-6H2. The first-order valence-electron chi connectivity index (χ1n) is 5.26. The van der Waals surface area contributed by atoms with Crippen molar-refractivity contribution in [1.29, 1.82) is 0 Å². The summed E-state index contributed by atoms with van der Waals surface area (Å²) in [4.78, 5) is 14.0. The number of hydrogen-bond donors (Lipinski definition) is 0. The van der Waals surface area contributed by atoms with Gasteiger partial charge in [-0.3, -0.25) is 4.79 Å². The van der Waals surface area contributed by atoms with Gasteiger partial charge < -0.3 is 9.64 Å². The van der Waals surface area contributed by atoms with Crippen LogP contribution in [0.4, 0.5) is 0 Å². The number of likely N-dealkylation sites (tertiary alicyclic amines) is 1. The number of amides is 1. The van der Waals surface area contributed by atoms with Gasteiger partial charge in [0.05, 0.1) is 18.8 Å². The highest BCUT2D eigenvalue weighted by molar-refractivity contribution is 5.80. The summed E-state index contributed by atoms with van der Waals surface area (Å²) in [5.74, 6) is 0.765. The van der Waals surface area contributed by atoms with Crippen LogP contribution >= 0.6 is 0 Å². The Hall–Kier alpha value is -0.570. The van der Waals surface area contributed by atoms with Crippen LogP contribution in [-0.2, 0) is 9.53 Å². The van der Waals surface area contributed by atoms with E-state index in [0.29, 0.717) is 24.0 Å². The molecule has 0 aromatic heterocycles. The smallest absolute Gasteiger partial charge is 0.226 e. The average Bonchev–Trinajstić information content (AvgIpc) is 2.59. The fourth-order valence-electron chi connectivity index (χ4n) is 2.56. The molecule has 3 nitrogen and oxygen atoms in total. The molecule has 0 aromatic rings. The summed E-state index contributed by atoms with van der Waals surface area (Å²) in [5, 5.41) is 0. The number of nitrogens with zero attached hydrogens (tertiary/aromatic N) is 1. The van der Waals surface area contributed by atoms with Gasteiger partial charge in [-0.15, -0.1) is 0 Å². The van der Waals surface area contributed by atoms with Crippen molar-refractivity contribution in [2.75, 3.05) is 13.2 Å². The van der Waals surface area contributed by atoms with Crippen molar-refractivity contribution in [3.05, 3.63) is 0 Å². The van der Waals surface area contributed by atoms with Crippen LogP contribution in [0.1, 0.15) is 25.7 Å². The Bertz CT molecular complexity index is 237. The first kappa shape index (κ1) is 7.80. The second-order valence-corrected chi connectivity index (χ2v) is 4.46. The minimum absolute atomic E-state index is 0.356. The lowest BCUT2D eigenvalue weighted by atomic mass is 9.84. The molecule has 2 atom stereocenters. The van der Waals surface area contributed by atoms with Crippen LogP contribution in [0.25, 0.3) is 0 Å². The summed E-state index contributed by atoms with van der Waals surface area (Å²) >= 11 is 0. The van der Waals surface area contributed by atoms with E-state index in [2.05, 4.69) is 4.90 Å². The maximum atomic E-state index is 11.9. The Morgan fingerprint density at radius 2 is 2.23 bits per heavy atom. The molecule has 2 bridgehead atoms. The number of rotatable bonds is 1. The zero-order valence-electron chi connectivity index (χ0n) is 7.74. The average molecular weight is 181 g/mol. The Labute approximate surface area is 78.0 Å². The minimum Gasteiger partial charge on any atom is -0.374 e. The molecule has 1 aliphatic carbocycles. The Kier molecular flexibility index (Phi) is 1.62. The summed E-state index contributed by atoms with van der Waals surface area (Å²) in [7, 11) is 0. The van der Waals surface area contributed by atoms with Crippen LogP contribution < -0.4 is 0 Å². The number of carbonyl (C=O) groups is 1. The van der Waals surface area contributed by atoms with E-state index in [4.69, 9.17) is 4.74 Å². The van der Waals surface area contributed by atoms with Crippen LogP contribution in [0, 0.1) is 5.92 Å². The van der Waals surface area contributed by atoms with Crippen molar-refractivity contribution in [1.82, 2.24) is 4.90 Å². The predicted octanol–water partition coefficient (Wildman–Crippen LogP) is 0.786. The molecule has 0 spiro atoms. The number of morpholine rings is 1. The molecule has 3 fully saturated rings. The van der Waals surface area contributed by atoms with Gasteiger partial charge in [-0.05, 0) is 19.3 Å². The Morgan fingerprint density at radius 1 is 1.38 bits per heavy atom. The lowest BCUT2D eigenvalue weighted by molar-refractivity contribution is -0.142. The third-order valence-electron chi connectivity index (χ3n) is 3.64. The van der Waals surface area contributed by atoms with Crippen molar-refractivity contribution in [3.63, 3.8) is 0 Å². The van der Waals surface area contributed by atoms with Crippen molar-refractivity contribution in [2.24, 2.45) is 5.92 Å². The lowest BCUT2D eigenvalue weighted by Gasteiger charge is -2.33. The van der Waals surface area contributed by atoms with E-state index in [9.17, 15) is 4.79 Å². The molecule has 72 valence electrons. The van der Waals surface area contributed by atoms with Gasteiger partial charge in [0, 0.05) is 12.5 Å². The van der Waals surface area contributed by atoms with E-state index >= 15 is 0 Å². The van der Waals surface area contributed by atoms with Gasteiger partial charge in [-0.1, -0.05) is 6.42 Å². The first-order valence-corrected chi connectivity index (χ1v) is 5.26. The third kappa shape index (κ3) is 1.10. The second-order valence-electron chi connectivity index (χ2n) is 4.46. The molecule has 1 amide bonds. The molecule has 0 N–H and O–H groups in total. The van der Waals surface area contributed by atoms with Crippen molar-refractivity contribution >= 4 is 5.91 Å². The number of fused-ring (bicyclic) bond motifs is 2. The van der Waals surface area contributed by atoms with Gasteiger partial charge in [-0.25, -0.2) is 0 Å². The molecule has 3 aliphatic rings. The SMILES string of the molecule is O=C(C1CCC1)N1CC2CC1CO2. The molecule has 2 unspecified atom stereocenters. The highest BCUT2D eigenvalue weighted by Crippen LogP contribution is 2.34. The minimum atomic E-state index is 0.356. The van der Waals surface area contributed by atoms with Gasteiger partial charge in [0.15, 0.2) is 0 Å². The molecule has 1 saturated carbocycles. The lowest BCUT2D eigenvalue weighted by Crippen LogP contribution is -2.45. The monoisotopic (exact) mass is 181 g/mol. The second kappa shape index (κ2) is 2.71. The van der Waals surface area contributed by atoms with E-state index in [1.54, 1.807) is 0 Å². The van der Waals surface area contributed by atoms with Crippen LogP contribution in [-0.4, -0.2) is 36.1 Å². The Morgan fingerprint density at radius 3 is 2.69 bits per heavy atom. The quantitative estimate of drug-likeness (QED) is 0.598. The zero-order valence-corrected chi connectivity index (χ0v) is 7.74. The fraction of sp³-hybridized carbons (Fsp3) is 0.900. The van der Waals surface area contributed by atoms with Crippen LogP contribution in [0.5, 0.6) is 0 Å². The summed E-state index contributed by atoms with van der Waals surface area (Å²) in [6, 6.07) is 0.415. The predicted molar refractivity (Wildman–Crippen MR) is 47.2 cm³/mol. The van der Waals surface area contributed by atoms with E-state index in [1.165, 1.54) is 6.42 Å². The van der Waals surface area contributed by atoms with Gasteiger partial charge in [0.1, 0.15) is 0 Å². The van der Waals surface area contributed by atoms with Crippen LogP contribution in [0.3, 0.4) is 0 Å². The van der Waals surface area contributed by atoms with E-state index < -0.39 is 0 Å². The number of hydrogen-bond acceptors (Lipinski definition) is 2. The third-order valence-corrected chi connectivity index (χ3v) is 3.64. The van der Waals surface area contributed by atoms with Gasteiger partial charge in [-0.2, -0.15) is 0 Å².